The fraction of sp³-hybridized carbons (Fsp3) is 0.267. The molecular formula is C15H17ClN2O. The van der Waals surface area contributed by atoms with E-state index in [2.05, 4.69) is 4.98 Å². The Labute approximate surface area is 118 Å². The van der Waals surface area contributed by atoms with Crippen LogP contribution in [-0.4, -0.2) is 16.6 Å². The largest absolute Gasteiger partial charge is 0.404 e. The van der Waals surface area contributed by atoms with Crippen LogP contribution in [0.3, 0.4) is 0 Å². The molecule has 1 heterocycles. The predicted molar refractivity (Wildman–Crippen MR) is 77.1 cm³/mol. The Morgan fingerprint density at radius 1 is 1.21 bits per heavy atom. The van der Waals surface area contributed by atoms with Gasteiger partial charge in [0.15, 0.2) is 5.75 Å². The molecule has 0 radical (unpaired) electrons. The van der Waals surface area contributed by atoms with Crippen LogP contribution >= 0.6 is 11.6 Å². The van der Waals surface area contributed by atoms with Gasteiger partial charge in [-0.25, -0.2) is 0 Å². The Morgan fingerprint density at radius 3 is 2.68 bits per heavy atom. The highest BCUT2D eigenvalue weighted by molar-refractivity contribution is 6.32. The van der Waals surface area contributed by atoms with Gasteiger partial charge in [0.2, 0.25) is 0 Å². The summed E-state index contributed by atoms with van der Waals surface area (Å²) in [6, 6.07) is 11.4. The van der Waals surface area contributed by atoms with Crippen molar-refractivity contribution in [3.05, 3.63) is 58.9 Å². The minimum Gasteiger partial charge on any atom is -0.404 e. The molecule has 1 aromatic carbocycles. The molecule has 1 aromatic heterocycles. The maximum absolute atomic E-state index is 6.09. The van der Waals surface area contributed by atoms with Gasteiger partial charge in [-0.1, -0.05) is 29.8 Å². The lowest BCUT2D eigenvalue weighted by Gasteiger charge is -2.21. The van der Waals surface area contributed by atoms with E-state index in [1.165, 1.54) is 0 Å². The number of aryl methyl sites for hydroxylation is 1. The highest BCUT2D eigenvalue weighted by Gasteiger charge is 2.10. The normalized spacial score (nSPS) is 10.7. The topological polar surface area (TPSA) is 25.4 Å². The predicted octanol–water partition coefficient (Wildman–Crippen LogP) is 3.86. The van der Waals surface area contributed by atoms with E-state index in [1.54, 1.807) is 6.20 Å². The number of nitrogens with zero attached hydrogens (tertiary/aromatic N) is 2. The van der Waals surface area contributed by atoms with Gasteiger partial charge in [-0.2, -0.15) is 0 Å². The molecule has 3 nitrogen and oxygen atoms in total. The average molecular weight is 277 g/mol. The molecule has 0 atom stereocenters. The average Bonchev–Trinajstić information content (AvgIpc) is 2.42. The summed E-state index contributed by atoms with van der Waals surface area (Å²) in [4.78, 5) is 10.2. The van der Waals surface area contributed by atoms with Crippen molar-refractivity contribution >= 4 is 11.6 Å². The number of hydrogen-bond donors (Lipinski definition) is 0. The second kappa shape index (κ2) is 6.55. The number of pyridine rings is 1. The molecule has 4 heteroatoms. The number of benzene rings is 1. The van der Waals surface area contributed by atoms with Gasteiger partial charge in [0.25, 0.3) is 0 Å². The molecule has 0 aliphatic heterocycles. The lowest BCUT2D eigenvalue weighted by atomic mass is 10.2. The third-order valence-corrected chi connectivity index (χ3v) is 3.17. The number of hydrogen-bond acceptors (Lipinski definition) is 3. The minimum atomic E-state index is 0.610. The van der Waals surface area contributed by atoms with Crippen molar-refractivity contribution in [2.75, 3.05) is 6.54 Å². The van der Waals surface area contributed by atoms with Crippen molar-refractivity contribution in [1.29, 1.82) is 0 Å². The zero-order chi connectivity index (χ0) is 13.7. The van der Waals surface area contributed by atoms with Crippen molar-refractivity contribution in [3.63, 3.8) is 0 Å². The Balaban J connectivity index is 2.09. The molecule has 0 spiro atoms. The molecule has 0 bridgehead atoms. The van der Waals surface area contributed by atoms with E-state index in [4.69, 9.17) is 16.4 Å². The standard InChI is InChI=1S/C15H17ClN2O/c1-3-18(11-14-12(2)7-6-10-17-14)19-15-9-5-4-8-13(15)16/h4-10H,3,11H2,1-2H3. The Kier molecular flexibility index (Phi) is 4.77. The van der Waals surface area contributed by atoms with E-state index in [0.29, 0.717) is 17.3 Å². The molecule has 2 aromatic rings. The molecule has 0 amide bonds. The van der Waals surface area contributed by atoms with Crippen LogP contribution in [0.1, 0.15) is 18.2 Å². The van der Waals surface area contributed by atoms with Crippen LogP contribution < -0.4 is 4.84 Å². The first-order valence-electron chi connectivity index (χ1n) is 6.28. The molecule has 0 unspecified atom stereocenters. The van der Waals surface area contributed by atoms with Gasteiger partial charge in [-0.15, -0.1) is 5.06 Å². The SMILES string of the molecule is CCN(Cc1ncccc1C)Oc1ccccc1Cl. The Bertz CT molecular complexity index is 498. The van der Waals surface area contributed by atoms with Crippen LogP contribution in [0.2, 0.25) is 5.02 Å². The van der Waals surface area contributed by atoms with Gasteiger partial charge >= 0.3 is 0 Å². The summed E-state index contributed by atoms with van der Waals surface area (Å²) in [5.74, 6) is 0.666. The van der Waals surface area contributed by atoms with Gasteiger partial charge in [0, 0.05) is 12.7 Å². The maximum atomic E-state index is 6.09. The van der Waals surface area contributed by atoms with Crippen LogP contribution in [0.5, 0.6) is 5.75 Å². The smallest absolute Gasteiger partial charge is 0.166 e. The summed E-state index contributed by atoms with van der Waals surface area (Å²) in [6.07, 6.45) is 1.80. The molecule has 100 valence electrons. The minimum absolute atomic E-state index is 0.610. The molecular weight excluding hydrogens is 260 g/mol. The molecule has 19 heavy (non-hydrogen) atoms. The van der Waals surface area contributed by atoms with Crippen LogP contribution in [0, 0.1) is 6.92 Å². The van der Waals surface area contributed by atoms with Crippen LogP contribution in [0.15, 0.2) is 42.6 Å². The highest BCUT2D eigenvalue weighted by atomic mass is 35.5. The van der Waals surface area contributed by atoms with E-state index in [-0.39, 0.29) is 0 Å². The van der Waals surface area contributed by atoms with Gasteiger partial charge < -0.3 is 4.84 Å². The van der Waals surface area contributed by atoms with Crippen molar-refractivity contribution in [3.8, 4) is 5.75 Å². The number of halogens is 1. The number of para-hydroxylation sites is 1. The van der Waals surface area contributed by atoms with E-state index >= 15 is 0 Å². The summed E-state index contributed by atoms with van der Waals surface area (Å²) < 4.78 is 0. The first-order chi connectivity index (χ1) is 9.20. The van der Waals surface area contributed by atoms with E-state index in [9.17, 15) is 0 Å². The van der Waals surface area contributed by atoms with E-state index in [1.807, 2.05) is 55.3 Å². The summed E-state index contributed by atoms with van der Waals surface area (Å²) in [6.45, 7) is 5.47. The quantitative estimate of drug-likeness (QED) is 0.776. The highest BCUT2D eigenvalue weighted by Crippen LogP contribution is 2.24. The van der Waals surface area contributed by atoms with Crippen molar-refractivity contribution in [2.24, 2.45) is 0 Å². The van der Waals surface area contributed by atoms with Gasteiger partial charge in [-0.3, -0.25) is 4.98 Å². The van der Waals surface area contributed by atoms with E-state index in [0.717, 1.165) is 17.8 Å². The summed E-state index contributed by atoms with van der Waals surface area (Å²) in [5.41, 5.74) is 2.17. The fourth-order valence-corrected chi connectivity index (χ4v) is 1.89. The molecule has 0 aliphatic carbocycles. The lowest BCUT2D eigenvalue weighted by Crippen LogP contribution is -2.27. The summed E-state index contributed by atoms with van der Waals surface area (Å²) in [7, 11) is 0. The van der Waals surface area contributed by atoms with Crippen LogP contribution in [0.25, 0.3) is 0 Å². The fourth-order valence-electron chi connectivity index (χ4n) is 1.72. The summed E-state index contributed by atoms with van der Waals surface area (Å²) >= 11 is 6.09. The van der Waals surface area contributed by atoms with Crippen molar-refractivity contribution in [2.45, 2.75) is 20.4 Å². The third kappa shape index (κ3) is 3.69. The second-order valence-electron chi connectivity index (χ2n) is 4.24. The molecule has 0 N–H and O–H groups in total. The number of rotatable bonds is 5. The Hall–Kier alpha value is -1.58. The second-order valence-corrected chi connectivity index (χ2v) is 4.65. The van der Waals surface area contributed by atoms with Crippen molar-refractivity contribution < 1.29 is 4.84 Å². The Morgan fingerprint density at radius 2 is 2.00 bits per heavy atom. The van der Waals surface area contributed by atoms with Gasteiger partial charge in [-0.05, 0) is 37.6 Å². The monoisotopic (exact) mass is 276 g/mol. The lowest BCUT2D eigenvalue weighted by molar-refractivity contribution is -0.0632. The van der Waals surface area contributed by atoms with Crippen molar-refractivity contribution in [1.82, 2.24) is 10.0 Å². The van der Waals surface area contributed by atoms with Gasteiger partial charge in [0.05, 0.1) is 17.3 Å². The van der Waals surface area contributed by atoms with Gasteiger partial charge in [0.1, 0.15) is 0 Å². The summed E-state index contributed by atoms with van der Waals surface area (Å²) in [5, 5.41) is 2.45. The molecule has 2 rings (SSSR count). The molecule has 0 saturated heterocycles. The number of aromatic nitrogens is 1. The molecule has 0 aliphatic rings. The maximum Gasteiger partial charge on any atom is 0.166 e. The third-order valence-electron chi connectivity index (χ3n) is 2.86. The van der Waals surface area contributed by atoms with E-state index < -0.39 is 0 Å². The van der Waals surface area contributed by atoms with Crippen LogP contribution in [-0.2, 0) is 6.54 Å². The first kappa shape index (κ1) is 13.8. The molecule has 0 saturated carbocycles. The zero-order valence-corrected chi connectivity index (χ0v) is 11.9. The molecule has 0 fully saturated rings. The van der Waals surface area contributed by atoms with Crippen LogP contribution in [0.4, 0.5) is 0 Å². The zero-order valence-electron chi connectivity index (χ0n) is 11.1. The number of hydroxylamine groups is 2. The first-order valence-corrected chi connectivity index (χ1v) is 6.66.